The van der Waals surface area contributed by atoms with Crippen LogP contribution < -0.4 is 10.2 Å². The van der Waals surface area contributed by atoms with Gasteiger partial charge in [0.15, 0.2) is 0 Å². The molecule has 0 amide bonds. The third-order valence-electron chi connectivity index (χ3n) is 3.60. The van der Waals surface area contributed by atoms with E-state index in [9.17, 15) is 0 Å². The summed E-state index contributed by atoms with van der Waals surface area (Å²) >= 11 is 0. The predicted molar refractivity (Wildman–Crippen MR) is 81.9 cm³/mol. The van der Waals surface area contributed by atoms with Gasteiger partial charge in [-0.1, -0.05) is 41.5 Å². The van der Waals surface area contributed by atoms with Gasteiger partial charge in [-0.2, -0.15) is 0 Å². The number of hydrogen-bond donors (Lipinski definition) is 1. The molecule has 0 unspecified atom stereocenters. The van der Waals surface area contributed by atoms with Crippen molar-refractivity contribution in [2.75, 3.05) is 23.3 Å². The molecule has 1 N–H and O–H groups in total. The van der Waals surface area contributed by atoms with Gasteiger partial charge < -0.3 is 10.2 Å². The Hall–Kier alpha value is -1.96. The third kappa shape index (κ3) is 2.58. The van der Waals surface area contributed by atoms with Crippen LogP contribution in [0.25, 0.3) is 0 Å². The van der Waals surface area contributed by atoms with E-state index in [1.165, 1.54) is 28.1 Å². The second kappa shape index (κ2) is 4.96. The van der Waals surface area contributed by atoms with Crippen LogP contribution in [0.15, 0.2) is 42.5 Å². The molecule has 0 bridgehead atoms. The number of nitrogens with zero attached hydrogens (tertiary/aromatic N) is 1. The number of hydrogen-bond acceptors (Lipinski definition) is 2. The highest BCUT2D eigenvalue weighted by Gasteiger charge is 2.15. The number of para-hydroxylation sites is 2. The Bertz CT molecular complexity index is 569. The quantitative estimate of drug-likeness (QED) is 0.876. The molecule has 98 valence electrons. The first kappa shape index (κ1) is 12.1. The lowest BCUT2D eigenvalue weighted by Crippen LogP contribution is -2.33. The number of aryl methyl sites for hydroxylation is 2. The van der Waals surface area contributed by atoms with E-state index in [0.717, 1.165) is 19.6 Å². The zero-order valence-electron chi connectivity index (χ0n) is 11.6. The number of anilines is 2. The molecule has 2 aromatic rings. The topological polar surface area (TPSA) is 15.3 Å². The van der Waals surface area contributed by atoms with E-state index in [2.05, 4.69) is 66.5 Å². The first-order chi connectivity index (χ1) is 9.22. The van der Waals surface area contributed by atoms with Crippen LogP contribution in [-0.2, 0) is 6.54 Å². The number of rotatable bonds is 2. The van der Waals surface area contributed by atoms with Crippen LogP contribution in [0.3, 0.4) is 0 Å². The highest BCUT2D eigenvalue weighted by atomic mass is 15.2. The van der Waals surface area contributed by atoms with Crippen molar-refractivity contribution in [2.24, 2.45) is 0 Å². The second-order valence-electron chi connectivity index (χ2n) is 5.36. The summed E-state index contributed by atoms with van der Waals surface area (Å²) in [5.41, 5.74) is 6.65. The second-order valence-corrected chi connectivity index (χ2v) is 5.36. The predicted octanol–water partition coefficient (Wildman–Crippen LogP) is 3.74. The molecular formula is C17H20N2. The van der Waals surface area contributed by atoms with Crippen LogP contribution in [0.5, 0.6) is 0 Å². The number of benzene rings is 2. The van der Waals surface area contributed by atoms with Crippen molar-refractivity contribution in [3.63, 3.8) is 0 Å². The van der Waals surface area contributed by atoms with E-state index in [4.69, 9.17) is 0 Å². The summed E-state index contributed by atoms with van der Waals surface area (Å²) in [7, 11) is 0. The van der Waals surface area contributed by atoms with E-state index >= 15 is 0 Å². The summed E-state index contributed by atoms with van der Waals surface area (Å²) in [5, 5.41) is 3.46. The fourth-order valence-electron chi connectivity index (χ4n) is 2.89. The van der Waals surface area contributed by atoms with Gasteiger partial charge in [-0.15, -0.1) is 0 Å². The molecule has 1 heterocycles. The molecule has 3 rings (SSSR count). The molecule has 1 aliphatic heterocycles. The number of nitrogens with one attached hydrogen (secondary N) is 1. The first-order valence-electron chi connectivity index (χ1n) is 6.87. The average Bonchev–Trinajstić information content (AvgIpc) is 2.38. The molecule has 0 fully saturated rings. The minimum absolute atomic E-state index is 0.987. The van der Waals surface area contributed by atoms with Crippen LogP contribution >= 0.6 is 0 Å². The molecule has 19 heavy (non-hydrogen) atoms. The molecule has 0 saturated heterocycles. The number of fused-ring (bicyclic) bond motifs is 1. The molecule has 0 aliphatic carbocycles. The Morgan fingerprint density at radius 2 is 1.79 bits per heavy atom. The van der Waals surface area contributed by atoms with Gasteiger partial charge in [-0.05, 0) is 31.5 Å². The van der Waals surface area contributed by atoms with Crippen LogP contribution in [0.4, 0.5) is 11.4 Å². The fourth-order valence-corrected chi connectivity index (χ4v) is 2.89. The largest absolute Gasteiger partial charge is 0.382 e. The summed E-state index contributed by atoms with van der Waals surface area (Å²) in [6.45, 7) is 7.40. The van der Waals surface area contributed by atoms with Gasteiger partial charge in [-0.3, -0.25) is 0 Å². The minimum atomic E-state index is 0.987. The monoisotopic (exact) mass is 252 g/mol. The van der Waals surface area contributed by atoms with Crippen LogP contribution in [0, 0.1) is 13.8 Å². The van der Waals surface area contributed by atoms with Crippen molar-refractivity contribution >= 4 is 11.4 Å². The van der Waals surface area contributed by atoms with Crippen molar-refractivity contribution in [1.29, 1.82) is 0 Å². The summed E-state index contributed by atoms with van der Waals surface area (Å²) < 4.78 is 0. The van der Waals surface area contributed by atoms with Gasteiger partial charge in [0.05, 0.1) is 11.4 Å². The highest BCUT2D eigenvalue weighted by molar-refractivity contribution is 5.71. The maximum atomic E-state index is 3.46. The fraction of sp³-hybridized carbons (Fsp3) is 0.294. The van der Waals surface area contributed by atoms with Gasteiger partial charge >= 0.3 is 0 Å². The molecule has 0 saturated carbocycles. The third-order valence-corrected chi connectivity index (χ3v) is 3.60. The van der Waals surface area contributed by atoms with E-state index in [1.54, 1.807) is 0 Å². The van der Waals surface area contributed by atoms with E-state index in [-0.39, 0.29) is 0 Å². The van der Waals surface area contributed by atoms with Gasteiger partial charge in [0, 0.05) is 19.6 Å². The highest BCUT2D eigenvalue weighted by Crippen LogP contribution is 2.29. The lowest BCUT2D eigenvalue weighted by atomic mass is 10.1. The average molecular weight is 252 g/mol. The molecule has 0 spiro atoms. The maximum Gasteiger partial charge on any atom is 0.0605 e. The Balaban J connectivity index is 1.88. The molecule has 0 aromatic heterocycles. The van der Waals surface area contributed by atoms with E-state index < -0.39 is 0 Å². The van der Waals surface area contributed by atoms with Gasteiger partial charge in [-0.25, -0.2) is 0 Å². The molecular weight excluding hydrogens is 232 g/mol. The lowest BCUT2D eigenvalue weighted by molar-refractivity contribution is 0.786. The minimum Gasteiger partial charge on any atom is -0.382 e. The zero-order valence-corrected chi connectivity index (χ0v) is 11.6. The van der Waals surface area contributed by atoms with Crippen molar-refractivity contribution < 1.29 is 0 Å². The smallest absolute Gasteiger partial charge is 0.0605 e. The maximum absolute atomic E-state index is 3.46. The Labute approximate surface area is 115 Å². The SMILES string of the molecule is Cc1cc(C)cc(CN2CCNc3ccccc32)c1. The van der Waals surface area contributed by atoms with Crippen molar-refractivity contribution in [3.8, 4) is 0 Å². The van der Waals surface area contributed by atoms with Crippen molar-refractivity contribution in [3.05, 3.63) is 59.2 Å². The standard InChI is InChI=1S/C17H20N2/c1-13-9-14(2)11-15(10-13)12-19-8-7-18-16-5-3-4-6-17(16)19/h3-6,9-11,18H,7-8,12H2,1-2H3. The van der Waals surface area contributed by atoms with Crippen molar-refractivity contribution in [1.82, 2.24) is 0 Å². The first-order valence-corrected chi connectivity index (χ1v) is 6.87. The molecule has 0 atom stereocenters. The summed E-state index contributed by atoms with van der Waals surface area (Å²) in [6, 6.07) is 15.4. The Morgan fingerprint density at radius 3 is 2.58 bits per heavy atom. The van der Waals surface area contributed by atoms with Crippen molar-refractivity contribution in [2.45, 2.75) is 20.4 Å². The Morgan fingerprint density at radius 1 is 1.05 bits per heavy atom. The van der Waals surface area contributed by atoms with Crippen LogP contribution in [0.1, 0.15) is 16.7 Å². The lowest BCUT2D eigenvalue weighted by Gasteiger charge is -2.32. The summed E-state index contributed by atoms with van der Waals surface area (Å²) in [4.78, 5) is 2.46. The van der Waals surface area contributed by atoms with Gasteiger partial charge in [0.1, 0.15) is 0 Å². The normalized spacial score (nSPS) is 13.9. The van der Waals surface area contributed by atoms with Crippen LogP contribution in [-0.4, -0.2) is 13.1 Å². The molecule has 2 aromatic carbocycles. The zero-order chi connectivity index (χ0) is 13.2. The van der Waals surface area contributed by atoms with E-state index in [0.29, 0.717) is 0 Å². The molecule has 2 heteroatoms. The Kier molecular flexibility index (Phi) is 3.16. The van der Waals surface area contributed by atoms with E-state index in [1.807, 2.05) is 0 Å². The molecule has 1 aliphatic rings. The van der Waals surface area contributed by atoms with Gasteiger partial charge in [0.25, 0.3) is 0 Å². The molecule has 2 nitrogen and oxygen atoms in total. The summed E-state index contributed by atoms with van der Waals surface area (Å²) in [6.07, 6.45) is 0. The molecule has 0 radical (unpaired) electrons. The summed E-state index contributed by atoms with van der Waals surface area (Å²) in [5.74, 6) is 0. The van der Waals surface area contributed by atoms with Crippen LogP contribution in [0.2, 0.25) is 0 Å². The van der Waals surface area contributed by atoms with Gasteiger partial charge in [0.2, 0.25) is 0 Å².